The van der Waals surface area contributed by atoms with Gasteiger partial charge in [-0.2, -0.15) is 0 Å². The third-order valence-electron chi connectivity index (χ3n) is 2.50. The first-order valence-electron chi connectivity index (χ1n) is 6.58. The van der Waals surface area contributed by atoms with Crippen LogP contribution in [-0.4, -0.2) is 22.8 Å². The predicted molar refractivity (Wildman–Crippen MR) is 85.4 cm³/mol. The van der Waals surface area contributed by atoms with Crippen LogP contribution in [0.25, 0.3) is 6.08 Å². The van der Waals surface area contributed by atoms with Crippen LogP contribution >= 0.6 is 11.8 Å². The molecule has 0 spiro atoms. The zero-order valence-electron chi connectivity index (χ0n) is 12.4. The van der Waals surface area contributed by atoms with Crippen molar-refractivity contribution >= 4 is 40.8 Å². The smallest absolute Gasteiger partial charge is 0.412 e. The molecule has 1 heterocycles. The van der Waals surface area contributed by atoms with Gasteiger partial charge in [0, 0.05) is 5.69 Å². The Balaban J connectivity index is 2.02. The second kappa shape index (κ2) is 6.23. The van der Waals surface area contributed by atoms with Gasteiger partial charge in [0.05, 0.1) is 4.91 Å². The molecule has 6 nitrogen and oxygen atoms in total. The van der Waals surface area contributed by atoms with Crippen LogP contribution in [0.4, 0.5) is 15.3 Å². The number of ether oxygens (including phenoxy) is 1. The van der Waals surface area contributed by atoms with E-state index in [4.69, 9.17) is 4.74 Å². The van der Waals surface area contributed by atoms with E-state index in [-0.39, 0.29) is 5.24 Å². The van der Waals surface area contributed by atoms with Crippen LogP contribution in [0.15, 0.2) is 29.2 Å². The summed E-state index contributed by atoms with van der Waals surface area (Å²) < 4.78 is 5.15. The molecule has 1 aromatic rings. The van der Waals surface area contributed by atoms with Crippen molar-refractivity contribution in [3.05, 3.63) is 34.7 Å². The van der Waals surface area contributed by atoms with E-state index in [1.165, 1.54) is 0 Å². The van der Waals surface area contributed by atoms with E-state index in [1.807, 2.05) is 0 Å². The lowest BCUT2D eigenvalue weighted by Crippen LogP contribution is -2.27. The summed E-state index contributed by atoms with van der Waals surface area (Å²) in [5, 5.41) is 4.43. The summed E-state index contributed by atoms with van der Waals surface area (Å²) in [6.07, 6.45) is 1.08. The van der Waals surface area contributed by atoms with Crippen LogP contribution in [0, 0.1) is 0 Å². The molecule has 0 radical (unpaired) electrons. The Morgan fingerprint density at radius 1 is 1.23 bits per heavy atom. The highest BCUT2D eigenvalue weighted by Crippen LogP contribution is 2.25. The maximum absolute atomic E-state index is 11.6. The van der Waals surface area contributed by atoms with Gasteiger partial charge in [-0.25, -0.2) is 4.79 Å². The van der Waals surface area contributed by atoms with Crippen LogP contribution in [0.3, 0.4) is 0 Å². The number of benzene rings is 1. The molecule has 22 heavy (non-hydrogen) atoms. The van der Waals surface area contributed by atoms with Crippen LogP contribution in [0.1, 0.15) is 26.3 Å². The van der Waals surface area contributed by atoms with E-state index in [0.29, 0.717) is 10.6 Å². The molecule has 1 aliphatic rings. The number of carbonyl (C=O) groups excluding carboxylic acids is 3. The normalized spacial score (nSPS) is 16.6. The van der Waals surface area contributed by atoms with Crippen LogP contribution < -0.4 is 10.6 Å². The van der Waals surface area contributed by atoms with Gasteiger partial charge < -0.3 is 4.74 Å². The van der Waals surface area contributed by atoms with Crippen molar-refractivity contribution < 1.29 is 19.1 Å². The molecule has 2 rings (SSSR count). The Labute approximate surface area is 132 Å². The average molecular weight is 320 g/mol. The van der Waals surface area contributed by atoms with Gasteiger partial charge >= 0.3 is 6.09 Å². The highest BCUT2D eigenvalue weighted by molar-refractivity contribution is 8.18. The van der Waals surface area contributed by atoms with Crippen LogP contribution in [0.2, 0.25) is 0 Å². The number of thioether (sulfide) groups is 1. The van der Waals surface area contributed by atoms with Crippen LogP contribution in [-0.2, 0) is 9.53 Å². The SMILES string of the molecule is CC(C)(C)OC(=O)Nc1ccc(C=C2SC(=O)NC2=O)cc1. The summed E-state index contributed by atoms with van der Waals surface area (Å²) in [7, 11) is 0. The molecule has 0 aliphatic carbocycles. The van der Waals surface area contributed by atoms with Crippen molar-refractivity contribution in [3.8, 4) is 0 Å². The molecule has 116 valence electrons. The van der Waals surface area contributed by atoms with Crippen molar-refractivity contribution in [1.29, 1.82) is 0 Å². The molecular weight excluding hydrogens is 304 g/mol. The molecule has 1 saturated heterocycles. The third-order valence-corrected chi connectivity index (χ3v) is 3.31. The minimum absolute atomic E-state index is 0.345. The molecule has 0 aromatic heterocycles. The fourth-order valence-corrected chi connectivity index (χ4v) is 2.34. The average Bonchev–Trinajstić information content (AvgIpc) is 2.68. The van der Waals surface area contributed by atoms with E-state index in [2.05, 4.69) is 10.6 Å². The summed E-state index contributed by atoms with van der Waals surface area (Å²) in [5.74, 6) is -0.397. The molecule has 0 unspecified atom stereocenters. The Morgan fingerprint density at radius 3 is 2.36 bits per heavy atom. The molecule has 1 aliphatic heterocycles. The largest absolute Gasteiger partial charge is 0.444 e. The molecular formula is C15H16N2O4S. The number of carbonyl (C=O) groups is 3. The Bertz CT molecular complexity index is 645. The number of hydrogen-bond donors (Lipinski definition) is 2. The van der Waals surface area contributed by atoms with Crippen molar-refractivity contribution in [2.75, 3.05) is 5.32 Å². The Hall–Kier alpha value is -2.28. The quantitative estimate of drug-likeness (QED) is 0.816. The van der Waals surface area contributed by atoms with E-state index in [1.54, 1.807) is 51.1 Å². The highest BCUT2D eigenvalue weighted by atomic mass is 32.2. The highest BCUT2D eigenvalue weighted by Gasteiger charge is 2.24. The number of amides is 3. The predicted octanol–water partition coefficient (Wildman–Crippen LogP) is 3.36. The summed E-state index contributed by atoms with van der Waals surface area (Å²) >= 11 is 0.861. The maximum atomic E-state index is 11.6. The number of imide groups is 1. The lowest BCUT2D eigenvalue weighted by Gasteiger charge is -2.19. The molecule has 3 amide bonds. The zero-order chi connectivity index (χ0) is 16.3. The Kier molecular flexibility index (Phi) is 4.56. The molecule has 0 atom stereocenters. The lowest BCUT2D eigenvalue weighted by atomic mass is 10.2. The van der Waals surface area contributed by atoms with Gasteiger partial charge in [0.1, 0.15) is 5.60 Å². The molecule has 2 N–H and O–H groups in total. The first-order valence-corrected chi connectivity index (χ1v) is 7.39. The number of anilines is 1. The molecule has 1 aromatic carbocycles. The lowest BCUT2D eigenvalue weighted by molar-refractivity contribution is -0.115. The zero-order valence-corrected chi connectivity index (χ0v) is 13.2. The van der Waals surface area contributed by atoms with Crippen molar-refractivity contribution in [3.63, 3.8) is 0 Å². The van der Waals surface area contributed by atoms with Gasteiger partial charge in [0.15, 0.2) is 0 Å². The van der Waals surface area contributed by atoms with Crippen molar-refractivity contribution in [1.82, 2.24) is 5.32 Å². The standard InChI is InChI=1S/C15H16N2O4S/c1-15(2,3)21-13(19)16-10-6-4-9(5-7-10)8-11-12(18)17-14(20)22-11/h4-8H,1-3H3,(H,16,19)(H,17,18,20). The topological polar surface area (TPSA) is 84.5 Å². The summed E-state index contributed by atoms with van der Waals surface area (Å²) in [4.78, 5) is 34.5. The third kappa shape index (κ3) is 4.63. The van der Waals surface area contributed by atoms with E-state index < -0.39 is 17.6 Å². The van der Waals surface area contributed by atoms with Gasteiger partial charge in [0.25, 0.3) is 11.1 Å². The van der Waals surface area contributed by atoms with E-state index in [9.17, 15) is 14.4 Å². The van der Waals surface area contributed by atoms with Gasteiger partial charge in [-0.3, -0.25) is 20.2 Å². The Morgan fingerprint density at radius 2 is 1.86 bits per heavy atom. The molecule has 1 fully saturated rings. The van der Waals surface area contributed by atoms with Gasteiger partial charge in [0.2, 0.25) is 0 Å². The van der Waals surface area contributed by atoms with Crippen LogP contribution in [0.5, 0.6) is 0 Å². The number of hydrogen-bond acceptors (Lipinski definition) is 5. The van der Waals surface area contributed by atoms with Gasteiger partial charge in [-0.1, -0.05) is 12.1 Å². The summed E-state index contributed by atoms with van der Waals surface area (Å²) in [6, 6.07) is 6.85. The molecule has 0 bridgehead atoms. The van der Waals surface area contributed by atoms with E-state index in [0.717, 1.165) is 17.3 Å². The summed E-state index contributed by atoms with van der Waals surface area (Å²) in [6.45, 7) is 5.36. The first-order chi connectivity index (χ1) is 10.2. The van der Waals surface area contributed by atoms with E-state index >= 15 is 0 Å². The second-order valence-electron chi connectivity index (χ2n) is 5.60. The minimum atomic E-state index is -0.561. The number of nitrogens with one attached hydrogen (secondary N) is 2. The summed E-state index contributed by atoms with van der Waals surface area (Å²) in [5.41, 5.74) is 0.770. The maximum Gasteiger partial charge on any atom is 0.412 e. The molecule has 7 heteroatoms. The van der Waals surface area contributed by atoms with Crippen molar-refractivity contribution in [2.45, 2.75) is 26.4 Å². The van der Waals surface area contributed by atoms with Crippen molar-refractivity contribution in [2.24, 2.45) is 0 Å². The first kappa shape index (κ1) is 16.1. The van der Waals surface area contributed by atoms with Gasteiger partial charge in [-0.05, 0) is 56.3 Å². The number of rotatable bonds is 2. The monoisotopic (exact) mass is 320 g/mol. The molecule has 0 saturated carbocycles. The minimum Gasteiger partial charge on any atom is -0.444 e. The fourth-order valence-electron chi connectivity index (χ4n) is 1.66. The van der Waals surface area contributed by atoms with Gasteiger partial charge in [-0.15, -0.1) is 0 Å². The fraction of sp³-hybridized carbons (Fsp3) is 0.267. The second-order valence-corrected chi connectivity index (χ2v) is 6.62.